The van der Waals surface area contributed by atoms with E-state index in [-0.39, 0.29) is 24.7 Å². The third kappa shape index (κ3) is 3.33. The van der Waals surface area contributed by atoms with Crippen LogP contribution in [0.4, 0.5) is 0 Å². The Hall–Kier alpha value is -2.83. The molecule has 1 aromatic heterocycles. The van der Waals surface area contributed by atoms with Crippen molar-refractivity contribution in [2.45, 2.75) is 26.8 Å². The van der Waals surface area contributed by atoms with Crippen molar-refractivity contribution in [3.63, 3.8) is 0 Å². The summed E-state index contributed by atoms with van der Waals surface area (Å²) < 4.78 is 10.5. The van der Waals surface area contributed by atoms with Crippen LogP contribution in [0.3, 0.4) is 0 Å². The van der Waals surface area contributed by atoms with Gasteiger partial charge < -0.3 is 19.8 Å². The second-order valence-corrected chi connectivity index (χ2v) is 5.36. The molecule has 0 aliphatic carbocycles. The Bertz CT molecular complexity index is 813. The van der Waals surface area contributed by atoms with Crippen LogP contribution in [0.25, 0.3) is 0 Å². The molecule has 0 bridgehead atoms. The predicted molar refractivity (Wildman–Crippen MR) is 82.4 cm³/mol. The van der Waals surface area contributed by atoms with E-state index in [1.807, 2.05) is 18.2 Å². The number of aromatic nitrogens is 2. The van der Waals surface area contributed by atoms with Gasteiger partial charge in [0.15, 0.2) is 11.5 Å². The number of ether oxygens (including phenoxy) is 2. The zero-order valence-corrected chi connectivity index (χ0v) is 12.9. The summed E-state index contributed by atoms with van der Waals surface area (Å²) in [5, 5.41) is 2.82. The fourth-order valence-corrected chi connectivity index (χ4v) is 2.34. The van der Waals surface area contributed by atoms with E-state index < -0.39 is 0 Å². The first-order valence-electron chi connectivity index (χ1n) is 7.24. The summed E-state index contributed by atoms with van der Waals surface area (Å²) in [6, 6.07) is 5.52. The monoisotopic (exact) mass is 315 g/mol. The molecular weight excluding hydrogens is 298 g/mol. The summed E-state index contributed by atoms with van der Waals surface area (Å²) in [6.07, 6.45) is 0.0706. The SMILES string of the molecule is Cc1nc(CC(=O)NCc2ccc3c(c2)OCO3)c(C)c(=O)[nH]1. The molecule has 0 radical (unpaired) electrons. The Kier molecular flexibility index (Phi) is 4.01. The topological polar surface area (TPSA) is 93.3 Å². The van der Waals surface area contributed by atoms with E-state index in [1.54, 1.807) is 13.8 Å². The highest BCUT2D eigenvalue weighted by Crippen LogP contribution is 2.32. The summed E-state index contributed by atoms with van der Waals surface area (Å²) in [5.74, 6) is 1.70. The molecule has 1 aliphatic rings. The van der Waals surface area contributed by atoms with Gasteiger partial charge in [0, 0.05) is 12.1 Å². The highest BCUT2D eigenvalue weighted by Gasteiger charge is 2.14. The van der Waals surface area contributed by atoms with Crippen LogP contribution in [0, 0.1) is 13.8 Å². The lowest BCUT2D eigenvalue weighted by molar-refractivity contribution is -0.120. The Balaban J connectivity index is 1.63. The van der Waals surface area contributed by atoms with Crippen molar-refractivity contribution in [1.82, 2.24) is 15.3 Å². The highest BCUT2D eigenvalue weighted by atomic mass is 16.7. The Labute approximate surface area is 132 Å². The lowest BCUT2D eigenvalue weighted by atomic mass is 10.1. The average Bonchev–Trinajstić information content (AvgIpc) is 2.97. The first-order valence-corrected chi connectivity index (χ1v) is 7.24. The van der Waals surface area contributed by atoms with E-state index >= 15 is 0 Å². The second-order valence-electron chi connectivity index (χ2n) is 5.36. The fraction of sp³-hybridized carbons (Fsp3) is 0.312. The zero-order chi connectivity index (χ0) is 16.4. The number of benzene rings is 1. The molecule has 1 amide bonds. The number of carbonyl (C=O) groups excluding carboxylic acids is 1. The summed E-state index contributed by atoms with van der Waals surface area (Å²) in [6.45, 7) is 3.94. The summed E-state index contributed by atoms with van der Waals surface area (Å²) in [4.78, 5) is 30.6. The fourth-order valence-electron chi connectivity index (χ4n) is 2.34. The molecule has 0 saturated heterocycles. The molecule has 1 aromatic carbocycles. The van der Waals surface area contributed by atoms with E-state index in [2.05, 4.69) is 15.3 Å². The predicted octanol–water partition coefficient (Wildman–Crippen LogP) is 0.974. The van der Waals surface area contributed by atoms with Gasteiger partial charge in [-0.3, -0.25) is 9.59 Å². The van der Waals surface area contributed by atoms with Crippen molar-refractivity contribution in [2.75, 3.05) is 6.79 Å². The van der Waals surface area contributed by atoms with Crippen LogP contribution in [0.2, 0.25) is 0 Å². The largest absolute Gasteiger partial charge is 0.454 e. The van der Waals surface area contributed by atoms with E-state index in [1.165, 1.54) is 0 Å². The lowest BCUT2D eigenvalue weighted by Crippen LogP contribution is -2.27. The van der Waals surface area contributed by atoms with Crippen LogP contribution < -0.4 is 20.3 Å². The highest BCUT2D eigenvalue weighted by molar-refractivity contribution is 5.78. The lowest BCUT2D eigenvalue weighted by Gasteiger charge is -2.08. The number of nitrogens with one attached hydrogen (secondary N) is 2. The first kappa shape index (κ1) is 15.1. The Morgan fingerprint density at radius 1 is 1.30 bits per heavy atom. The molecule has 7 heteroatoms. The minimum absolute atomic E-state index is 0.0706. The number of H-pyrrole nitrogens is 1. The van der Waals surface area contributed by atoms with Crippen molar-refractivity contribution in [2.24, 2.45) is 0 Å². The first-order chi connectivity index (χ1) is 11.0. The van der Waals surface area contributed by atoms with Crippen molar-refractivity contribution in [3.8, 4) is 11.5 Å². The Morgan fingerprint density at radius 2 is 2.09 bits per heavy atom. The maximum absolute atomic E-state index is 12.1. The molecule has 0 atom stereocenters. The summed E-state index contributed by atoms with van der Waals surface area (Å²) in [7, 11) is 0. The van der Waals surface area contributed by atoms with Crippen molar-refractivity contribution in [3.05, 3.63) is 51.2 Å². The maximum atomic E-state index is 12.1. The molecule has 3 rings (SSSR count). The molecule has 120 valence electrons. The standard InChI is InChI=1S/C16H17N3O4/c1-9-12(18-10(2)19-16(9)21)6-15(20)17-7-11-3-4-13-14(5-11)23-8-22-13/h3-5H,6-8H2,1-2H3,(H,17,20)(H,18,19,21). The smallest absolute Gasteiger partial charge is 0.254 e. The van der Waals surface area contributed by atoms with Crippen LogP contribution in [0.1, 0.15) is 22.6 Å². The molecule has 0 unspecified atom stereocenters. The quantitative estimate of drug-likeness (QED) is 0.877. The Morgan fingerprint density at radius 3 is 2.91 bits per heavy atom. The van der Waals surface area contributed by atoms with E-state index in [9.17, 15) is 9.59 Å². The molecule has 7 nitrogen and oxygen atoms in total. The van der Waals surface area contributed by atoms with Crippen LogP contribution >= 0.6 is 0 Å². The van der Waals surface area contributed by atoms with Gasteiger partial charge in [0.05, 0.1) is 12.1 Å². The zero-order valence-electron chi connectivity index (χ0n) is 12.9. The molecule has 2 heterocycles. The van der Waals surface area contributed by atoms with Gasteiger partial charge >= 0.3 is 0 Å². The molecule has 2 aromatic rings. The van der Waals surface area contributed by atoms with Crippen LogP contribution in [-0.2, 0) is 17.8 Å². The molecule has 2 N–H and O–H groups in total. The van der Waals surface area contributed by atoms with E-state index in [0.717, 1.165) is 5.56 Å². The van der Waals surface area contributed by atoms with Gasteiger partial charge in [-0.15, -0.1) is 0 Å². The number of rotatable bonds is 4. The van der Waals surface area contributed by atoms with Gasteiger partial charge in [-0.2, -0.15) is 0 Å². The third-order valence-corrected chi connectivity index (χ3v) is 3.63. The number of nitrogens with zero attached hydrogens (tertiary/aromatic N) is 1. The van der Waals surface area contributed by atoms with Crippen LogP contribution in [0.5, 0.6) is 11.5 Å². The minimum Gasteiger partial charge on any atom is -0.454 e. The maximum Gasteiger partial charge on any atom is 0.254 e. The van der Waals surface area contributed by atoms with Crippen LogP contribution in [0.15, 0.2) is 23.0 Å². The number of fused-ring (bicyclic) bond motifs is 1. The summed E-state index contributed by atoms with van der Waals surface area (Å²) >= 11 is 0. The summed E-state index contributed by atoms with van der Waals surface area (Å²) in [5.41, 5.74) is 1.66. The number of hydrogen-bond donors (Lipinski definition) is 2. The van der Waals surface area contributed by atoms with E-state index in [4.69, 9.17) is 9.47 Å². The normalized spacial score (nSPS) is 12.3. The van der Waals surface area contributed by atoms with Gasteiger partial charge in [0.25, 0.3) is 5.56 Å². The number of hydrogen-bond acceptors (Lipinski definition) is 5. The number of carbonyl (C=O) groups is 1. The molecule has 23 heavy (non-hydrogen) atoms. The van der Waals surface area contributed by atoms with Gasteiger partial charge in [-0.25, -0.2) is 4.98 Å². The van der Waals surface area contributed by atoms with Crippen molar-refractivity contribution >= 4 is 5.91 Å². The number of aromatic amines is 1. The minimum atomic E-state index is -0.212. The third-order valence-electron chi connectivity index (χ3n) is 3.63. The van der Waals surface area contributed by atoms with Gasteiger partial charge in [0.1, 0.15) is 5.82 Å². The molecule has 1 aliphatic heterocycles. The van der Waals surface area contributed by atoms with Gasteiger partial charge in [-0.1, -0.05) is 6.07 Å². The molecule has 0 saturated carbocycles. The molecular formula is C16H17N3O4. The second kappa shape index (κ2) is 6.12. The van der Waals surface area contributed by atoms with Crippen molar-refractivity contribution in [1.29, 1.82) is 0 Å². The van der Waals surface area contributed by atoms with E-state index in [0.29, 0.717) is 35.1 Å². The molecule has 0 spiro atoms. The molecule has 0 fully saturated rings. The van der Waals surface area contributed by atoms with Crippen molar-refractivity contribution < 1.29 is 14.3 Å². The van der Waals surface area contributed by atoms with Crippen LogP contribution in [-0.4, -0.2) is 22.7 Å². The van der Waals surface area contributed by atoms with Gasteiger partial charge in [0.2, 0.25) is 12.7 Å². The number of aryl methyl sites for hydroxylation is 1. The average molecular weight is 315 g/mol. The number of amides is 1. The van der Waals surface area contributed by atoms with Gasteiger partial charge in [-0.05, 0) is 31.5 Å².